The monoisotopic (exact) mass is 309 g/mol. The normalized spacial score (nSPS) is 31.0. The molecule has 2 unspecified atom stereocenters. The van der Waals surface area contributed by atoms with E-state index in [2.05, 4.69) is 27.7 Å². The summed E-state index contributed by atoms with van der Waals surface area (Å²) in [6.07, 6.45) is 2.17. The van der Waals surface area contributed by atoms with E-state index in [0.717, 1.165) is 12.8 Å². The zero-order valence-corrected chi connectivity index (χ0v) is 15.4. The molecule has 22 heavy (non-hydrogen) atoms. The fourth-order valence-corrected chi connectivity index (χ4v) is 2.52. The second kappa shape index (κ2) is 5.51. The number of hydrogen-bond donors (Lipinski definition) is 1. The van der Waals surface area contributed by atoms with E-state index in [0.29, 0.717) is 11.6 Å². The van der Waals surface area contributed by atoms with Crippen molar-refractivity contribution in [1.29, 1.82) is 0 Å². The van der Waals surface area contributed by atoms with Crippen molar-refractivity contribution >= 4 is 14.6 Å². The fourth-order valence-electron chi connectivity index (χ4n) is 2.52. The first-order valence-corrected chi connectivity index (χ1v) is 8.36. The van der Waals surface area contributed by atoms with Crippen LogP contribution in [0, 0.1) is 0 Å². The van der Waals surface area contributed by atoms with Crippen LogP contribution in [0.4, 0.5) is 0 Å². The highest BCUT2D eigenvalue weighted by molar-refractivity contribution is 6.51. The van der Waals surface area contributed by atoms with E-state index in [4.69, 9.17) is 14.0 Å². The lowest BCUT2D eigenvalue weighted by atomic mass is 9.46. The Bertz CT molecular complexity index is 399. The number of hydrogen-bond acceptors (Lipinski definition) is 4. The third kappa shape index (κ3) is 3.26. The van der Waals surface area contributed by atoms with Crippen LogP contribution in [0.3, 0.4) is 0 Å². The van der Waals surface area contributed by atoms with Gasteiger partial charge in [-0.1, -0.05) is 12.8 Å². The molecule has 2 rings (SSSR count). The minimum absolute atomic E-state index is 0.172. The van der Waals surface area contributed by atoms with Gasteiger partial charge in [0, 0.05) is 0 Å². The lowest BCUT2D eigenvalue weighted by Gasteiger charge is -2.42. The molecule has 1 radical (unpaired) electrons. The van der Waals surface area contributed by atoms with Gasteiger partial charge in [0.1, 0.15) is 0 Å². The van der Waals surface area contributed by atoms with Gasteiger partial charge in [0.15, 0.2) is 0 Å². The summed E-state index contributed by atoms with van der Waals surface area (Å²) in [6.45, 7) is 15.7. The topological polar surface area (TPSA) is 47.9 Å². The molecule has 1 aliphatic heterocycles. The largest absolute Gasteiger partial charge is 0.460 e. The van der Waals surface area contributed by atoms with Crippen LogP contribution in [0.15, 0.2) is 0 Å². The summed E-state index contributed by atoms with van der Waals surface area (Å²) in [4.78, 5) is 0. The fraction of sp³-hybridized carbons (Fsp3) is 1.00. The molecule has 4 nitrogen and oxygen atoms in total. The van der Waals surface area contributed by atoms with E-state index in [-0.39, 0.29) is 18.3 Å². The minimum atomic E-state index is -0.896. The zero-order valence-electron chi connectivity index (χ0n) is 15.4. The predicted molar refractivity (Wildman–Crippen MR) is 90.0 cm³/mol. The second-order valence-electron chi connectivity index (χ2n) is 8.85. The number of aliphatic hydroxyl groups is 1. The van der Waals surface area contributed by atoms with Crippen molar-refractivity contribution in [3.05, 3.63) is 0 Å². The second-order valence-corrected chi connectivity index (χ2v) is 8.85. The first-order chi connectivity index (χ1) is 9.77. The van der Waals surface area contributed by atoms with Gasteiger partial charge < -0.3 is 19.1 Å². The van der Waals surface area contributed by atoms with Crippen LogP contribution in [0.2, 0.25) is 11.6 Å². The van der Waals surface area contributed by atoms with Gasteiger partial charge in [0.2, 0.25) is 0 Å². The quantitative estimate of drug-likeness (QED) is 0.792. The Labute approximate surface area is 136 Å². The summed E-state index contributed by atoms with van der Waals surface area (Å²) in [5.74, 6) is 0.648. The van der Waals surface area contributed by atoms with Crippen molar-refractivity contribution in [3.63, 3.8) is 0 Å². The van der Waals surface area contributed by atoms with Gasteiger partial charge in [-0.05, 0) is 67.0 Å². The summed E-state index contributed by atoms with van der Waals surface area (Å²) in [7, 11) is 1.71. The smallest absolute Gasteiger partial charge is 0.433 e. The molecule has 0 amide bonds. The Kier molecular flexibility index (Phi) is 4.58. The summed E-state index contributed by atoms with van der Waals surface area (Å²) < 4.78 is 18.2. The zero-order chi connectivity index (χ0) is 17.0. The van der Waals surface area contributed by atoms with Crippen LogP contribution in [0.5, 0.6) is 0 Å². The molecule has 6 heteroatoms. The lowest BCUT2D eigenvalue weighted by molar-refractivity contribution is -0.0916. The molecule has 1 heterocycles. The van der Waals surface area contributed by atoms with Gasteiger partial charge in [-0.25, -0.2) is 0 Å². The third-order valence-corrected chi connectivity index (χ3v) is 6.02. The van der Waals surface area contributed by atoms with Crippen LogP contribution < -0.4 is 0 Å². The molecule has 0 aromatic rings. The summed E-state index contributed by atoms with van der Waals surface area (Å²) in [5.41, 5.74) is -2.09. The van der Waals surface area contributed by atoms with Crippen molar-refractivity contribution in [2.24, 2.45) is 0 Å². The molecule has 2 aliphatic rings. The molecule has 0 aromatic carbocycles. The highest BCUT2D eigenvalue weighted by Gasteiger charge is 2.57. The molecular weight excluding hydrogens is 278 g/mol. The minimum Gasteiger partial charge on any atom is -0.433 e. The first kappa shape index (κ1) is 18.3. The molecule has 1 N–H and O–H groups in total. The van der Waals surface area contributed by atoms with Gasteiger partial charge in [-0.15, -0.1) is 0 Å². The Hall–Kier alpha value is -0.0301. The van der Waals surface area contributed by atoms with Gasteiger partial charge in [-0.3, -0.25) is 0 Å². The molecule has 1 saturated carbocycles. The van der Waals surface area contributed by atoms with Crippen molar-refractivity contribution in [1.82, 2.24) is 0 Å². The van der Waals surface area contributed by atoms with Crippen molar-refractivity contribution in [2.45, 2.75) is 102 Å². The summed E-state index contributed by atoms with van der Waals surface area (Å²) in [5, 5.41) is 10.2. The first-order valence-electron chi connectivity index (χ1n) is 8.36. The molecule has 0 aromatic heterocycles. The Balaban J connectivity index is 1.92. The van der Waals surface area contributed by atoms with E-state index in [9.17, 15) is 5.11 Å². The van der Waals surface area contributed by atoms with Crippen molar-refractivity contribution in [2.75, 3.05) is 0 Å². The average molecular weight is 309 g/mol. The van der Waals surface area contributed by atoms with Crippen molar-refractivity contribution in [3.8, 4) is 0 Å². The van der Waals surface area contributed by atoms with Crippen LogP contribution in [-0.2, 0) is 14.0 Å². The molecule has 2 fully saturated rings. The highest BCUT2D eigenvalue weighted by Crippen LogP contribution is 2.52. The van der Waals surface area contributed by atoms with Crippen LogP contribution >= 0.6 is 0 Å². The van der Waals surface area contributed by atoms with Crippen LogP contribution in [0.25, 0.3) is 0 Å². The van der Waals surface area contributed by atoms with Gasteiger partial charge in [0.25, 0.3) is 7.48 Å². The highest BCUT2D eigenvalue weighted by atomic mass is 16.7. The molecule has 125 valence electrons. The van der Waals surface area contributed by atoms with Gasteiger partial charge >= 0.3 is 7.12 Å². The Morgan fingerprint density at radius 1 is 1.05 bits per heavy atom. The van der Waals surface area contributed by atoms with Crippen molar-refractivity contribution < 1.29 is 19.1 Å². The predicted octanol–water partition coefficient (Wildman–Crippen LogP) is 3.22. The number of rotatable bonds is 5. The summed E-state index contributed by atoms with van der Waals surface area (Å²) in [6, 6.07) is 0. The molecule has 1 saturated heterocycles. The molecule has 0 bridgehead atoms. The van der Waals surface area contributed by atoms with E-state index in [1.54, 1.807) is 13.8 Å². The van der Waals surface area contributed by atoms with E-state index in [1.165, 1.54) is 0 Å². The Morgan fingerprint density at radius 2 is 1.55 bits per heavy atom. The van der Waals surface area contributed by atoms with Crippen LogP contribution in [-0.4, -0.2) is 42.1 Å². The standard InChI is InChI=1S/C16H31B2O4/c1-13(2,19)14(3,4)20-17-11-9-10-12(11)18-21-15(5,6)16(7,8)22-18/h11-12,19H,9-10H2,1-8H3. The SMILES string of the molecule is CC(C)(O)C(C)(C)O[B]C1CCC1B1OC(C)(C)C(C)(C)O1. The third-order valence-electron chi connectivity index (χ3n) is 6.02. The Morgan fingerprint density at radius 3 is 1.91 bits per heavy atom. The van der Waals surface area contributed by atoms with Crippen LogP contribution in [0.1, 0.15) is 68.2 Å². The average Bonchev–Trinajstić information content (AvgIpc) is 2.43. The van der Waals surface area contributed by atoms with E-state index < -0.39 is 11.2 Å². The molecule has 2 atom stereocenters. The molecular formula is C16H31B2O4. The molecule has 0 spiro atoms. The van der Waals surface area contributed by atoms with Gasteiger partial charge in [0.05, 0.1) is 22.4 Å². The van der Waals surface area contributed by atoms with Gasteiger partial charge in [-0.2, -0.15) is 0 Å². The maximum atomic E-state index is 10.2. The van der Waals surface area contributed by atoms with E-state index in [1.807, 2.05) is 21.3 Å². The lowest BCUT2D eigenvalue weighted by Crippen LogP contribution is -2.49. The molecule has 1 aliphatic carbocycles. The maximum absolute atomic E-state index is 10.2. The van der Waals surface area contributed by atoms with E-state index >= 15 is 0 Å². The summed E-state index contributed by atoms with van der Waals surface area (Å²) >= 11 is 0. The maximum Gasteiger partial charge on any atom is 0.460 e.